The summed E-state index contributed by atoms with van der Waals surface area (Å²) in [7, 11) is 0. The van der Waals surface area contributed by atoms with E-state index < -0.39 is 5.97 Å². The Balaban J connectivity index is 0.000000526. The number of carboxylic acids is 1. The molecule has 248 valence electrons. The minimum absolute atomic E-state index is 0.178. The number of aromatic nitrogens is 2. The molecule has 1 aliphatic carbocycles. The highest BCUT2D eigenvalue weighted by Gasteiger charge is 2.41. The molecule has 5 rings (SSSR count). The first-order chi connectivity index (χ1) is 21.5. The first-order valence-electron chi connectivity index (χ1n) is 17.4. The highest BCUT2D eigenvalue weighted by atomic mass is 19.1. The summed E-state index contributed by atoms with van der Waals surface area (Å²) in [5.41, 5.74) is 0. The zero-order valence-electron chi connectivity index (χ0n) is 28.4. The third kappa shape index (κ3) is 11.7. The summed E-state index contributed by atoms with van der Waals surface area (Å²) in [4.78, 5) is 28.5. The standard InChI is InChI=1S/C26H43N5O2.C6H5F.2C2H6/c1-3-14-31(26-27-12-7-13-28-26)23-10-15-29(16-11-23)18-22-19-30(17-20(22)2)24(25(32)33)21-8-5-4-6-9-21;7-6-4-2-1-3-5-6;2*1-2/h7,12-13,20-24H,3-6,8-11,14-19H2,1-2H3,(H,32,33);1-5H;2*1-2H3. The molecule has 3 fully saturated rings. The lowest BCUT2D eigenvalue weighted by Crippen LogP contribution is -2.48. The van der Waals surface area contributed by atoms with Gasteiger partial charge in [-0.25, -0.2) is 14.4 Å². The number of aliphatic carboxylic acids is 1. The predicted molar refractivity (Wildman–Crippen MR) is 180 cm³/mol. The van der Waals surface area contributed by atoms with E-state index in [1.54, 1.807) is 18.2 Å². The van der Waals surface area contributed by atoms with Crippen molar-refractivity contribution < 1.29 is 14.3 Å². The van der Waals surface area contributed by atoms with Crippen LogP contribution in [0.25, 0.3) is 0 Å². The first kappa shape index (κ1) is 37.6. The van der Waals surface area contributed by atoms with Crippen LogP contribution in [0.3, 0.4) is 0 Å². The maximum absolute atomic E-state index is 12.2. The molecule has 0 bridgehead atoms. The summed E-state index contributed by atoms with van der Waals surface area (Å²) in [6, 6.07) is 10.0. The lowest BCUT2D eigenvalue weighted by molar-refractivity contribution is -0.145. The molecule has 1 aromatic heterocycles. The minimum atomic E-state index is -0.602. The topological polar surface area (TPSA) is 72.8 Å². The lowest BCUT2D eigenvalue weighted by Gasteiger charge is -2.39. The molecule has 3 atom stereocenters. The molecule has 8 heteroatoms. The number of anilines is 1. The number of carboxylic acid groups (broad SMARTS) is 1. The van der Waals surface area contributed by atoms with Crippen molar-refractivity contribution in [2.45, 2.75) is 105 Å². The number of carbonyl (C=O) groups is 1. The number of rotatable bonds is 9. The third-order valence-electron chi connectivity index (χ3n) is 9.04. The number of likely N-dealkylation sites (tertiary alicyclic amines) is 2. The highest BCUT2D eigenvalue weighted by molar-refractivity contribution is 5.74. The molecule has 1 saturated carbocycles. The SMILES string of the molecule is CC.CC.CCCN(c1ncccn1)C1CCN(CC2CN(C(C(=O)O)C3CCCCC3)CC2C)CC1.Fc1ccccc1. The minimum Gasteiger partial charge on any atom is -0.480 e. The quantitative estimate of drug-likeness (QED) is 0.312. The van der Waals surface area contributed by atoms with Crippen LogP contribution >= 0.6 is 0 Å². The van der Waals surface area contributed by atoms with E-state index in [4.69, 9.17) is 0 Å². The Morgan fingerprint density at radius 3 is 2.09 bits per heavy atom. The van der Waals surface area contributed by atoms with Gasteiger partial charge >= 0.3 is 5.97 Å². The van der Waals surface area contributed by atoms with Crippen molar-refractivity contribution >= 4 is 11.9 Å². The van der Waals surface area contributed by atoms with Gasteiger partial charge in [-0.2, -0.15) is 0 Å². The molecular weight excluding hydrogens is 553 g/mol. The molecule has 0 amide bonds. The first-order valence-corrected chi connectivity index (χ1v) is 17.4. The van der Waals surface area contributed by atoms with Gasteiger partial charge in [-0.1, -0.05) is 79.0 Å². The molecular formula is C36H60FN5O2. The summed E-state index contributed by atoms with van der Waals surface area (Å²) >= 11 is 0. The van der Waals surface area contributed by atoms with Gasteiger partial charge in [0.25, 0.3) is 0 Å². The summed E-state index contributed by atoms with van der Waals surface area (Å²) in [5, 5.41) is 10.0. The van der Waals surface area contributed by atoms with Crippen LogP contribution in [0, 0.1) is 23.6 Å². The molecule has 1 N–H and O–H groups in total. The summed E-state index contributed by atoms with van der Waals surface area (Å²) in [6.07, 6.45) is 12.9. The van der Waals surface area contributed by atoms with Gasteiger partial charge < -0.3 is 14.9 Å². The van der Waals surface area contributed by atoms with Crippen LogP contribution in [0.1, 0.15) is 92.9 Å². The van der Waals surface area contributed by atoms with Gasteiger partial charge in [0.05, 0.1) is 0 Å². The third-order valence-corrected chi connectivity index (χ3v) is 9.04. The van der Waals surface area contributed by atoms with Gasteiger partial charge in [0.15, 0.2) is 0 Å². The van der Waals surface area contributed by atoms with Gasteiger partial charge in [-0.05, 0) is 68.1 Å². The van der Waals surface area contributed by atoms with Crippen molar-refractivity contribution in [1.29, 1.82) is 0 Å². The van der Waals surface area contributed by atoms with Gasteiger partial charge in [0, 0.05) is 57.7 Å². The van der Waals surface area contributed by atoms with E-state index in [9.17, 15) is 14.3 Å². The zero-order valence-corrected chi connectivity index (χ0v) is 28.4. The number of benzene rings is 1. The maximum atomic E-state index is 12.2. The second-order valence-corrected chi connectivity index (χ2v) is 11.9. The molecule has 0 radical (unpaired) electrons. The molecule has 3 heterocycles. The molecule has 44 heavy (non-hydrogen) atoms. The Hall–Kier alpha value is -2.58. The predicted octanol–water partition coefficient (Wildman–Crippen LogP) is 7.64. The maximum Gasteiger partial charge on any atom is 0.321 e. The molecule has 0 spiro atoms. The monoisotopic (exact) mass is 613 g/mol. The van der Waals surface area contributed by atoms with E-state index in [1.165, 1.54) is 31.4 Å². The summed E-state index contributed by atoms with van der Waals surface area (Å²) in [6.45, 7) is 18.7. The van der Waals surface area contributed by atoms with E-state index in [0.717, 1.165) is 77.3 Å². The van der Waals surface area contributed by atoms with E-state index in [2.05, 4.69) is 38.5 Å². The van der Waals surface area contributed by atoms with Gasteiger partial charge in [-0.3, -0.25) is 9.69 Å². The molecule has 7 nitrogen and oxygen atoms in total. The van der Waals surface area contributed by atoms with Gasteiger partial charge in [0.2, 0.25) is 5.95 Å². The second kappa shape index (κ2) is 21.2. The highest BCUT2D eigenvalue weighted by Crippen LogP contribution is 2.34. The van der Waals surface area contributed by atoms with Crippen molar-refractivity contribution in [3.63, 3.8) is 0 Å². The van der Waals surface area contributed by atoms with Crippen LogP contribution in [-0.2, 0) is 4.79 Å². The van der Waals surface area contributed by atoms with Crippen LogP contribution in [0.5, 0.6) is 0 Å². The van der Waals surface area contributed by atoms with Crippen LogP contribution in [0.4, 0.5) is 10.3 Å². The molecule has 3 unspecified atom stereocenters. The zero-order chi connectivity index (χ0) is 32.3. The van der Waals surface area contributed by atoms with Gasteiger partial charge in [-0.15, -0.1) is 0 Å². The van der Waals surface area contributed by atoms with Crippen LogP contribution in [0.15, 0.2) is 48.8 Å². The lowest BCUT2D eigenvalue weighted by atomic mass is 9.83. The van der Waals surface area contributed by atoms with Crippen LogP contribution < -0.4 is 4.90 Å². The fourth-order valence-electron chi connectivity index (χ4n) is 6.93. The van der Waals surface area contributed by atoms with Crippen molar-refractivity contribution in [3.8, 4) is 0 Å². The van der Waals surface area contributed by atoms with E-state index >= 15 is 0 Å². The largest absolute Gasteiger partial charge is 0.480 e. The van der Waals surface area contributed by atoms with Crippen LogP contribution in [0.2, 0.25) is 0 Å². The smallest absolute Gasteiger partial charge is 0.321 e. The van der Waals surface area contributed by atoms with Crippen LogP contribution in [-0.4, -0.2) is 82.2 Å². The Bertz CT molecular complexity index is 1000. The number of halogens is 1. The number of piperidine rings is 1. The molecule has 2 aliphatic heterocycles. The number of nitrogens with zero attached hydrogens (tertiary/aromatic N) is 5. The van der Waals surface area contributed by atoms with E-state index in [-0.39, 0.29) is 11.9 Å². The average molecular weight is 614 g/mol. The summed E-state index contributed by atoms with van der Waals surface area (Å²) < 4.78 is 11.9. The number of hydrogen-bond donors (Lipinski definition) is 1. The van der Waals surface area contributed by atoms with Gasteiger partial charge in [0.1, 0.15) is 11.9 Å². The fourth-order valence-corrected chi connectivity index (χ4v) is 6.93. The number of hydrogen-bond acceptors (Lipinski definition) is 6. The normalized spacial score (nSPS) is 21.9. The molecule has 2 saturated heterocycles. The summed E-state index contributed by atoms with van der Waals surface area (Å²) in [5.74, 6) is 1.54. The molecule has 2 aromatic rings. The van der Waals surface area contributed by atoms with Crippen molar-refractivity contribution in [2.75, 3.05) is 44.2 Å². The van der Waals surface area contributed by atoms with E-state index in [0.29, 0.717) is 23.8 Å². The Morgan fingerprint density at radius 1 is 0.955 bits per heavy atom. The Kier molecular flexibility index (Phi) is 18.1. The molecule has 3 aliphatic rings. The van der Waals surface area contributed by atoms with Crippen molar-refractivity contribution in [3.05, 3.63) is 54.6 Å². The van der Waals surface area contributed by atoms with Crippen molar-refractivity contribution in [2.24, 2.45) is 17.8 Å². The Morgan fingerprint density at radius 2 is 1.57 bits per heavy atom. The fraction of sp³-hybridized carbons (Fsp3) is 0.694. The van der Waals surface area contributed by atoms with E-state index in [1.807, 2.05) is 46.2 Å². The average Bonchev–Trinajstić information content (AvgIpc) is 3.42. The Labute approximate surface area is 267 Å². The molecule has 1 aromatic carbocycles. The van der Waals surface area contributed by atoms with Crippen molar-refractivity contribution in [1.82, 2.24) is 19.8 Å². The second-order valence-electron chi connectivity index (χ2n) is 11.9.